The third kappa shape index (κ3) is 3.59. The number of hydrogen-bond acceptors (Lipinski definition) is 4. The van der Waals surface area contributed by atoms with Crippen molar-refractivity contribution in [3.05, 3.63) is 59.0 Å². The van der Waals surface area contributed by atoms with Crippen LogP contribution in [-0.4, -0.2) is 18.6 Å². The van der Waals surface area contributed by atoms with Crippen LogP contribution in [0, 0.1) is 0 Å². The van der Waals surface area contributed by atoms with Gasteiger partial charge in [0, 0.05) is 0 Å². The highest BCUT2D eigenvalue weighted by Crippen LogP contribution is 2.30. The Morgan fingerprint density at radius 2 is 2.08 bits per heavy atom. The number of carbonyl (C=O) groups is 2. The third-order valence-corrected chi connectivity index (χ3v) is 4.00. The van der Waals surface area contributed by atoms with E-state index >= 15 is 0 Å². The highest BCUT2D eigenvalue weighted by atomic mass is 16.5. The molecule has 1 aliphatic carbocycles. The summed E-state index contributed by atoms with van der Waals surface area (Å²) in [7, 11) is 0. The number of esters is 1. The Bertz CT molecular complexity index is 738. The van der Waals surface area contributed by atoms with E-state index in [0.717, 1.165) is 12.8 Å². The normalized spacial score (nSPS) is 15.6. The lowest BCUT2D eigenvalue weighted by Gasteiger charge is -2.14. The van der Waals surface area contributed by atoms with Crippen molar-refractivity contribution in [1.29, 1.82) is 0 Å². The van der Waals surface area contributed by atoms with Crippen LogP contribution in [0.1, 0.15) is 46.8 Å². The van der Waals surface area contributed by atoms with Gasteiger partial charge in [-0.3, -0.25) is 0 Å². The maximum atomic E-state index is 12.1. The number of urea groups is 1. The van der Waals surface area contributed by atoms with Crippen LogP contribution in [0.5, 0.6) is 0 Å². The Labute approximate surface area is 140 Å². The maximum Gasteiger partial charge on any atom is 0.374 e. The fraction of sp³-hybridized carbons (Fsp3) is 0.333. The minimum absolute atomic E-state index is 0.0351. The van der Waals surface area contributed by atoms with E-state index in [1.165, 1.54) is 11.1 Å². The molecule has 1 aromatic carbocycles. The van der Waals surface area contributed by atoms with Crippen LogP contribution < -0.4 is 10.6 Å². The number of carbonyl (C=O) groups excluding carboxylic acids is 2. The zero-order chi connectivity index (χ0) is 16.9. The first-order valence-corrected chi connectivity index (χ1v) is 8.05. The quantitative estimate of drug-likeness (QED) is 0.827. The molecule has 1 unspecified atom stereocenters. The monoisotopic (exact) mass is 328 g/mol. The molecule has 0 spiro atoms. The number of aryl methyl sites for hydroxylation is 1. The van der Waals surface area contributed by atoms with Crippen molar-refractivity contribution < 1.29 is 18.7 Å². The van der Waals surface area contributed by atoms with Gasteiger partial charge in [-0.05, 0) is 43.0 Å². The minimum Gasteiger partial charge on any atom is -0.460 e. The number of fused-ring (bicyclic) bond motifs is 1. The summed E-state index contributed by atoms with van der Waals surface area (Å²) in [5.41, 5.74) is 2.46. The van der Waals surface area contributed by atoms with E-state index in [1.807, 2.05) is 18.2 Å². The van der Waals surface area contributed by atoms with Crippen molar-refractivity contribution in [2.45, 2.75) is 32.4 Å². The van der Waals surface area contributed by atoms with Gasteiger partial charge in [-0.25, -0.2) is 9.59 Å². The molecule has 2 amide bonds. The lowest BCUT2D eigenvalue weighted by atomic mass is 10.1. The van der Waals surface area contributed by atoms with E-state index in [1.54, 1.807) is 19.1 Å². The summed E-state index contributed by atoms with van der Waals surface area (Å²) >= 11 is 0. The maximum absolute atomic E-state index is 12.1. The van der Waals surface area contributed by atoms with Gasteiger partial charge in [0.15, 0.2) is 0 Å². The van der Waals surface area contributed by atoms with Gasteiger partial charge in [0.1, 0.15) is 5.76 Å². The molecule has 0 fully saturated rings. The second-order valence-electron chi connectivity index (χ2n) is 5.60. The SMILES string of the molecule is CCOC(=O)c1ccc(CNC(=O)NC2CCc3ccccc32)o1. The number of ether oxygens (including phenoxy) is 1. The Morgan fingerprint density at radius 1 is 1.25 bits per heavy atom. The Hall–Kier alpha value is -2.76. The van der Waals surface area contributed by atoms with Gasteiger partial charge in [-0.2, -0.15) is 0 Å². The molecule has 2 N–H and O–H groups in total. The van der Waals surface area contributed by atoms with Crippen LogP contribution in [-0.2, 0) is 17.7 Å². The minimum atomic E-state index is -0.504. The number of hydrogen-bond donors (Lipinski definition) is 2. The van der Waals surface area contributed by atoms with Crippen LogP contribution in [0.25, 0.3) is 0 Å². The van der Waals surface area contributed by atoms with Crippen LogP contribution >= 0.6 is 0 Å². The Kier molecular flexibility index (Phi) is 4.84. The predicted molar refractivity (Wildman–Crippen MR) is 87.5 cm³/mol. The fourth-order valence-corrected chi connectivity index (χ4v) is 2.87. The molecule has 2 aromatic rings. The summed E-state index contributed by atoms with van der Waals surface area (Å²) in [6.45, 7) is 2.23. The number of rotatable bonds is 5. The molecular formula is C18H20N2O4. The first-order valence-electron chi connectivity index (χ1n) is 8.05. The van der Waals surface area contributed by atoms with Crippen LogP contribution in [0.3, 0.4) is 0 Å². The standard InChI is InChI=1S/C18H20N2O4/c1-2-23-17(21)16-10-8-13(24-16)11-19-18(22)20-15-9-7-12-5-3-4-6-14(12)15/h3-6,8,10,15H,2,7,9,11H2,1H3,(H2,19,20,22). The molecule has 0 saturated heterocycles. The molecular weight excluding hydrogens is 308 g/mol. The topological polar surface area (TPSA) is 80.6 Å². The average Bonchev–Trinajstić information content (AvgIpc) is 3.21. The molecule has 126 valence electrons. The van der Waals surface area contributed by atoms with Crippen molar-refractivity contribution in [2.24, 2.45) is 0 Å². The second kappa shape index (κ2) is 7.21. The molecule has 3 rings (SSSR count). The summed E-state index contributed by atoms with van der Waals surface area (Å²) in [5, 5.41) is 5.72. The number of nitrogens with one attached hydrogen (secondary N) is 2. The zero-order valence-corrected chi connectivity index (χ0v) is 13.5. The second-order valence-corrected chi connectivity index (χ2v) is 5.60. The van der Waals surface area contributed by atoms with Gasteiger partial charge < -0.3 is 19.8 Å². The summed E-state index contributed by atoms with van der Waals surface area (Å²) in [6, 6.07) is 11.1. The average molecular weight is 328 g/mol. The van der Waals surface area contributed by atoms with Crippen LogP contribution in [0.2, 0.25) is 0 Å². The van der Waals surface area contributed by atoms with Gasteiger partial charge in [0.25, 0.3) is 0 Å². The van der Waals surface area contributed by atoms with E-state index < -0.39 is 5.97 Å². The molecule has 24 heavy (non-hydrogen) atoms. The van der Waals surface area contributed by atoms with Gasteiger partial charge in [-0.1, -0.05) is 24.3 Å². The van der Waals surface area contributed by atoms with Gasteiger partial charge in [0.05, 0.1) is 19.2 Å². The lowest BCUT2D eigenvalue weighted by Crippen LogP contribution is -2.36. The van der Waals surface area contributed by atoms with Crippen molar-refractivity contribution in [2.75, 3.05) is 6.61 Å². The molecule has 1 aromatic heterocycles. The van der Waals surface area contributed by atoms with E-state index in [4.69, 9.17) is 9.15 Å². The summed E-state index contributed by atoms with van der Waals surface area (Å²) in [4.78, 5) is 23.6. The van der Waals surface area contributed by atoms with Crippen molar-refractivity contribution in [3.8, 4) is 0 Å². The van der Waals surface area contributed by atoms with Crippen molar-refractivity contribution in [3.63, 3.8) is 0 Å². The Morgan fingerprint density at radius 3 is 2.92 bits per heavy atom. The molecule has 0 bridgehead atoms. The molecule has 6 nitrogen and oxygen atoms in total. The summed E-state index contributed by atoms with van der Waals surface area (Å²) in [6.07, 6.45) is 1.88. The highest BCUT2D eigenvalue weighted by Gasteiger charge is 2.23. The van der Waals surface area contributed by atoms with E-state index in [-0.39, 0.29) is 24.4 Å². The third-order valence-electron chi connectivity index (χ3n) is 4.00. The molecule has 1 heterocycles. The fourth-order valence-electron chi connectivity index (χ4n) is 2.87. The highest BCUT2D eigenvalue weighted by molar-refractivity contribution is 5.86. The van der Waals surface area contributed by atoms with Gasteiger partial charge in [0.2, 0.25) is 5.76 Å². The van der Waals surface area contributed by atoms with Crippen LogP contribution in [0.4, 0.5) is 4.79 Å². The molecule has 1 aliphatic rings. The molecule has 6 heteroatoms. The number of amides is 2. The zero-order valence-electron chi connectivity index (χ0n) is 13.5. The van der Waals surface area contributed by atoms with E-state index in [0.29, 0.717) is 12.4 Å². The smallest absolute Gasteiger partial charge is 0.374 e. The van der Waals surface area contributed by atoms with Crippen LogP contribution in [0.15, 0.2) is 40.8 Å². The van der Waals surface area contributed by atoms with Gasteiger partial charge in [-0.15, -0.1) is 0 Å². The molecule has 0 aliphatic heterocycles. The predicted octanol–water partition coefficient (Wildman–Crippen LogP) is 2.94. The summed E-state index contributed by atoms with van der Waals surface area (Å²) < 4.78 is 10.2. The first kappa shape index (κ1) is 16.1. The summed E-state index contributed by atoms with van der Waals surface area (Å²) in [5.74, 6) is 0.134. The van der Waals surface area contributed by atoms with E-state index in [2.05, 4.69) is 16.7 Å². The van der Waals surface area contributed by atoms with Crippen molar-refractivity contribution >= 4 is 12.0 Å². The Balaban J connectivity index is 1.51. The van der Waals surface area contributed by atoms with E-state index in [9.17, 15) is 9.59 Å². The number of furan rings is 1. The molecule has 0 radical (unpaired) electrons. The first-order chi connectivity index (χ1) is 11.7. The van der Waals surface area contributed by atoms with Crippen molar-refractivity contribution in [1.82, 2.24) is 10.6 Å². The largest absolute Gasteiger partial charge is 0.460 e. The molecule has 0 saturated carbocycles. The molecule has 1 atom stereocenters. The number of benzene rings is 1. The lowest BCUT2D eigenvalue weighted by molar-refractivity contribution is 0.0488. The van der Waals surface area contributed by atoms with Gasteiger partial charge >= 0.3 is 12.0 Å².